The van der Waals surface area contributed by atoms with Gasteiger partial charge in [0.1, 0.15) is 5.82 Å². The van der Waals surface area contributed by atoms with Gasteiger partial charge in [0, 0.05) is 38.3 Å². The number of hydrogen-bond donors (Lipinski definition) is 1. The molecule has 1 saturated heterocycles. The van der Waals surface area contributed by atoms with Crippen molar-refractivity contribution in [2.45, 2.75) is 13.5 Å². The van der Waals surface area contributed by atoms with Gasteiger partial charge in [-0.15, -0.1) is 0 Å². The van der Waals surface area contributed by atoms with Gasteiger partial charge in [0.05, 0.1) is 4.47 Å². The molecule has 0 atom stereocenters. The van der Waals surface area contributed by atoms with Gasteiger partial charge in [-0.1, -0.05) is 6.07 Å². The molecule has 0 aliphatic carbocycles. The third kappa shape index (κ3) is 2.81. The number of hydrogen-bond acceptors (Lipinski definition) is 2. The summed E-state index contributed by atoms with van der Waals surface area (Å²) in [5.74, 6) is -0.121. The molecule has 1 aromatic rings. The fourth-order valence-electron chi connectivity index (χ4n) is 2.02. The molecule has 1 aromatic carbocycles. The predicted molar refractivity (Wildman–Crippen MR) is 67.0 cm³/mol. The van der Waals surface area contributed by atoms with Crippen LogP contribution in [0.2, 0.25) is 0 Å². The summed E-state index contributed by atoms with van der Waals surface area (Å²) in [5, 5.41) is 3.29. The van der Waals surface area contributed by atoms with E-state index < -0.39 is 0 Å². The Hall–Kier alpha value is -0.450. The summed E-state index contributed by atoms with van der Waals surface area (Å²) >= 11 is 3.26. The first-order valence-electron chi connectivity index (χ1n) is 5.54. The average molecular weight is 287 g/mol. The van der Waals surface area contributed by atoms with Gasteiger partial charge in [-0.05, 0) is 34.5 Å². The summed E-state index contributed by atoms with van der Waals surface area (Å²) in [4.78, 5) is 2.28. The third-order valence-corrected chi connectivity index (χ3v) is 3.43. The lowest BCUT2D eigenvalue weighted by Gasteiger charge is -2.27. The summed E-state index contributed by atoms with van der Waals surface area (Å²) in [6.45, 7) is 6.67. The quantitative estimate of drug-likeness (QED) is 0.898. The van der Waals surface area contributed by atoms with Crippen LogP contribution in [0.4, 0.5) is 4.39 Å². The molecule has 2 nitrogen and oxygen atoms in total. The molecule has 0 saturated carbocycles. The van der Waals surface area contributed by atoms with E-state index in [1.807, 2.05) is 19.1 Å². The van der Waals surface area contributed by atoms with Gasteiger partial charge in [0.25, 0.3) is 0 Å². The van der Waals surface area contributed by atoms with Crippen LogP contribution in [0.25, 0.3) is 0 Å². The maximum Gasteiger partial charge on any atom is 0.141 e. The van der Waals surface area contributed by atoms with Crippen LogP contribution in [0.15, 0.2) is 16.6 Å². The molecular formula is C12H16BrFN2. The first-order chi connectivity index (χ1) is 7.66. The van der Waals surface area contributed by atoms with Crippen molar-refractivity contribution in [1.29, 1.82) is 0 Å². The Morgan fingerprint density at radius 1 is 1.38 bits per heavy atom. The van der Waals surface area contributed by atoms with E-state index in [9.17, 15) is 4.39 Å². The lowest BCUT2D eigenvalue weighted by Crippen LogP contribution is -2.43. The van der Waals surface area contributed by atoms with Gasteiger partial charge in [-0.3, -0.25) is 4.90 Å². The molecule has 0 radical (unpaired) electrons. The number of halogens is 2. The molecule has 0 amide bonds. The first kappa shape index (κ1) is 12.0. The normalized spacial score (nSPS) is 17.7. The highest BCUT2D eigenvalue weighted by Gasteiger charge is 2.14. The topological polar surface area (TPSA) is 15.3 Å². The van der Waals surface area contributed by atoms with Crippen LogP contribution in [0.1, 0.15) is 11.1 Å². The molecule has 1 N–H and O–H groups in total. The Labute approximate surface area is 104 Å². The molecule has 0 unspecified atom stereocenters. The van der Waals surface area contributed by atoms with E-state index in [-0.39, 0.29) is 5.82 Å². The molecule has 88 valence electrons. The van der Waals surface area contributed by atoms with E-state index in [4.69, 9.17) is 0 Å². The minimum Gasteiger partial charge on any atom is -0.314 e. The second-order valence-electron chi connectivity index (χ2n) is 4.25. The molecule has 0 bridgehead atoms. The monoisotopic (exact) mass is 286 g/mol. The highest BCUT2D eigenvalue weighted by atomic mass is 79.9. The van der Waals surface area contributed by atoms with Crippen LogP contribution in [0, 0.1) is 12.7 Å². The van der Waals surface area contributed by atoms with Gasteiger partial charge in [0.15, 0.2) is 0 Å². The number of nitrogens with zero attached hydrogens (tertiary/aromatic N) is 1. The second kappa shape index (κ2) is 5.25. The van der Waals surface area contributed by atoms with Gasteiger partial charge >= 0.3 is 0 Å². The van der Waals surface area contributed by atoms with Crippen molar-refractivity contribution in [2.24, 2.45) is 0 Å². The van der Waals surface area contributed by atoms with Crippen molar-refractivity contribution in [2.75, 3.05) is 26.2 Å². The minimum absolute atomic E-state index is 0.121. The Bertz CT molecular complexity index is 376. The van der Waals surface area contributed by atoms with E-state index in [0.29, 0.717) is 11.0 Å². The summed E-state index contributed by atoms with van der Waals surface area (Å²) in [5.41, 5.74) is 1.88. The average Bonchev–Trinajstić information content (AvgIpc) is 2.27. The van der Waals surface area contributed by atoms with Crippen LogP contribution >= 0.6 is 15.9 Å². The SMILES string of the molecule is Cc1cc(Br)c(F)c(CN2CCNCC2)c1. The van der Waals surface area contributed by atoms with Crippen molar-refractivity contribution in [3.05, 3.63) is 33.5 Å². The smallest absolute Gasteiger partial charge is 0.141 e. The summed E-state index contributed by atoms with van der Waals surface area (Å²) in [6.07, 6.45) is 0. The molecule has 16 heavy (non-hydrogen) atoms. The van der Waals surface area contributed by atoms with Crippen molar-refractivity contribution in [3.8, 4) is 0 Å². The Balaban J connectivity index is 2.13. The zero-order valence-electron chi connectivity index (χ0n) is 9.39. The summed E-state index contributed by atoms with van der Waals surface area (Å²) in [7, 11) is 0. The van der Waals surface area contributed by atoms with Crippen molar-refractivity contribution in [3.63, 3.8) is 0 Å². The standard InChI is InChI=1S/C12H16BrFN2/c1-9-6-10(12(14)11(13)7-9)8-16-4-2-15-3-5-16/h6-7,15H,2-5,8H2,1H3. The first-order valence-corrected chi connectivity index (χ1v) is 6.34. The number of rotatable bonds is 2. The fraction of sp³-hybridized carbons (Fsp3) is 0.500. The van der Waals surface area contributed by atoms with E-state index in [1.54, 1.807) is 0 Å². The highest BCUT2D eigenvalue weighted by Crippen LogP contribution is 2.22. The lowest BCUT2D eigenvalue weighted by atomic mass is 10.1. The maximum atomic E-state index is 13.8. The van der Waals surface area contributed by atoms with Crippen LogP contribution in [-0.2, 0) is 6.54 Å². The maximum absolute atomic E-state index is 13.8. The van der Waals surface area contributed by atoms with Gasteiger partial charge in [0.2, 0.25) is 0 Å². The van der Waals surface area contributed by atoms with E-state index >= 15 is 0 Å². The van der Waals surface area contributed by atoms with Crippen LogP contribution in [0.3, 0.4) is 0 Å². The van der Waals surface area contributed by atoms with Crippen molar-refractivity contribution in [1.82, 2.24) is 10.2 Å². The third-order valence-electron chi connectivity index (χ3n) is 2.85. The van der Waals surface area contributed by atoms with Gasteiger partial charge in [-0.2, -0.15) is 0 Å². The van der Waals surface area contributed by atoms with Crippen LogP contribution in [0.5, 0.6) is 0 Å². The zero-order valence-corrected chi connectivity index (χ0v) is 11.0. The number of benzene rings is 1. The van der Waals surface area contributed by atoms with Crippen LogP contribution < -0.4 is 5.32 Å². The number of nitrogens with one attached hydrogen (secondary N) is 1. The largest absolute Gasteiger partial charge is 0.314 e. The van der Waals surface area contributed by atoms with E-state index in [0.717, 1.165) is 37.3 Å². The van der Waals surface area contributed by atoms with Crippen molar-refractivity contribution < 1.29 is 4.39 Å². The Kier molecular flexibility index (Phi) is 3.95. The van der Waals surface area contributed by atoms with E-state index in [1.165, 1.54) is 0 Å². The number of aryl methyl sites for hydroxylation is 1. The van der Waals surface area contributed by atoms with Gasteiger partial charge < -0.3 is 5.32 Å². The number of piperazine rings is 1. The molecule has 1 heterocycles. The lowest BCUT2D eigenvalue weighted by molar-refractivity contribution is 0.230. The Morgan fingerprint density at radius 2 is 2.06 bits per heavy atom. The summed E-state index contributed by atoms with van der Waals surface area (Å²) < 4.78 is 14.4. The van der Waals surface area contributed by atoms with Crippen molar-refractivity contribution >= 4 is 15.9 Å². The molecule has 0 spiro atoms. The molecule has 1 fully saturated rings. The zero-order chi connectivity index (χ0) is 11.5. The molecule has 1 aliphatic heterocycles. The molecule has 4 heteroatoms. The Morgan fingerprint density at radius 3 is 2.75 bits per heavy atom. The minimum atomic E-state index is -0.121. The van der Waals surface area contributed by atoms with Crippen LogP contribution in [-0.4, -0.2) is 31.1 Å². The molecule has 0 aromatic heterocycles. The molecular weight excluding hydrogens is 271 g/mol. The van der Waals surface area contributed by atoms with Gasteiger partial charge in [-0.25, -0.2) is 4.39 Å². The fourth-order valence-corrected chi connectivity index (χ4v) is 2.64. The summed E-state index contributed by atoms with van der Waals surface area (Å²) in [6, 6.07) is 3.75. The van der Waals surface area contributed by atoms with E-state index in [2.05, 4.69) is 26.1 Å². The molecule has 2 rings (SSSR count). The molecule has 1 aliphatic rings. The predicted octanol–water partition coefficient (Wildman–Crippen LogP) is 2.30. The highest BCUT2D eigenvalue weighted by molar-refractivity contribution is 9.10. The second-order valence-corrected chi connectivity index (χ2v) is 5.10.